The van der Waals surface area contributed by atoms with Gasteiger partial charge in [0, 0.05) is 10.5 Å². The van der Waals surface area contributed by atoms with Gasteiger partial charge in [-0.25, -0.2) is 4.39 Å². The van der Waals surface area contributed by atoms with E-state index in [1.54, 1.807) is 6.07 Å². The van der Waals surface area contributed by atoms with Crippen molar-refractivity contribution < 1.29 is 4.39 Å². The van der Waals surface area contributed by atoms with E-state index in [-0.39, 0.29) is 11.9 Å². The lowest BCUT2D eigenvalue weighted by molar-refractivity contribution is 0.232. The lowest BCUT2D eigenvalue weighted by Crippen LogP contribution is -2.35. The summed E-state index contributed by atoms with van der Waals surface area (Å²) in [5.74, 6) is 6.77. The summed E-state index contributed by atoms with van der Waals surface area (Å²) in [6, 6.07) is 5.04. The minimum atomic E-state index is -0.219. The molecule has 1 unspecified atom stereocenters. The fourth-order valence-corrected chi connectivity index (χ4v) is 3.36. The molecule has 0 radical (unpaired) electrons. The highest BCUT2D eigenvalue weighted by molar-refractivity contribution is 9.10. The molecule has 1 atom stereocenters. The maximum absolute atomic E-state index is 13.5. The number of hydrazine groups is 1. The minimum absolute atomic E-state index is 0.0458. The maximum atomic E-state index is 13.5. The van der Waals surface area contributed by atoms with Crippen LogP contribution < -0.4 is 11.3 Å². The van der Waals surface area contributed by atoms with Crippen molar-refractivity contribution in [3.8, 4) is 0 Å². The molecule has 1 aliphatic carbocycles. The molecule has 2 rings (SSSR count). The highest BCUT2D eigenvalue weighted by Crippen LogP contribution is 2.37. The summed E-state index contributed by atoms with van der Waals surface area (Å²) in [6.07, 6.45) is 4.78. The van der Waals surface area contributed by atoms with Crippen LogP contribution in [0.1, 0.15) is 44.2 Å². The molecular weight excluding hydrogens is 295 g/mol. The van der Waals surface area contributed by atoms with Crippen LogP contribution in [0, 0.1) is 17.7 Å². The van der Waals surface area contributed by atoms with Crippen molar-refractivity contribution in [2.45, 2.75) is 38.6 Å². The molecule has 1 saturated carbocycles. The van der Waals surface area contributed by atoms with E-state index in [1.165, 1.54) is 18.9 Å². The van der Waals surface area contributed by atoms with E-state index in [0.29, 0.717) is 5.92 Å². The van der Waals surface area contributed by atoms with Gasteiger partial charge >= 0.3 is 0 Å². The Balaban J connectivity index is 2.17. The molecular formula is C14H20BrFN2. The Morgan fingerprint density at radius 3 is 2.50 bits per heavy atom. The molecule has 1 aromatic rings. The summed E-state index contributed by atoms with van der Waals surface area (Å²) in [6.45, 7) is 2.29. The first-order valence-electron chi connectivity index (χ1n) is 6.52. The van der Waals surface area contributed by atoms with Gasteiger partial charge < -0.3 is 0 Å². The second kappa shape index (κ2) is 6.13. The zero-order valence-corrected chi connectivity index (χ0v) is 12.2. The molecule has 1 aromatic carbocycles. The number of rotatable bonds is 3. The summed E-state index contributed by atoms with van der Waals surface area (Å²) >= 11 is 3.34. The van der Waals surface area contributed by atoms with Crippen LogP contribution >= 0.6 is 15.9 Å². The molecule has 0 amide bonds. The van der Waals surface area contributed by atoms with Gasteiger partial charge in [0.1, 0.15) is 5.82 Å². The summed E-state index contributed by atoms with van der Waals surface area (Å²) in [4.78, 5) is 0. The number of nitrogens with one attached hydrogen (secondary N) is 1. The normalized spacial score (nSPS) is 26.0. The third kappa shape index (κ3) is 3.31. The third-order valence-electron chi connectivity index (χ3n) is 3.96. The molecule has 1 aliphatic rings. The molecule has 0 aliphatic heterocycles. The Labute approximate surface area is 116 Å². The van der Waals surface area contributed by atoms with E-state index < -0.39 is 0 Å². The van der Waals surface area contributed by atoms with Crippen molar-refractivity contribution in [3.05, 3.63) is 34.1 Å². The Hall–Kier alpha value is -0.450. The van der Waals surface area contributed by atoms with Gasteiger partial charge in [-0.3, -0.25) is 11.3 Å². The second-order valence-electron chi connectivity index (χ2n) is 5.37. The minimum Gasteiger partial charge on any atom is -0.271 e. The van der Waals surface area contributed by atoms with Crippen LogP contribution in [0.15, 0.2) is 22.7 Å². The van der Waals surface area contributed by atoms with E-state index in [1.807, 2.05) is 6.07 Å². The lowest BCUT2D eigenvalue weighted by Gasteiger charge is -2.32. The molecule has 100 valence electrons. The summed E-state index contributed by atoms with van der Waals surface area (Å²) < 4.78 is 14.2. The van der Waals surface area contributed by atoms with E-state index in [2.05, 4.69) is 28.3 Å². The smallest absolute Gasteiger partial charge is 0.124 e. The first-order chi connectivity index (χ1) is 8.60. The monoisotopic (exact) mass is 314 g/mol. The number of halogens is 2. The van der Waals surface area contributed by atoms with Crippen LogP contribution in [0.3, 0.4) is 0 Å². The first-order valence-corrected chi connectivity index (χ1v) is 7.31. The van der Waals surface area contributed by atoms with E-state index in [4.69, 9.17) is 5.84 Å². The molecule has 3 N–H and O–H groups in total. The predicted octanol–water partition coefficient (Wildman–Crippen LogP) is 3.92. The zero-order valence-electron chi connectivity index (χ0n) is 10.6. The largest absolute Gasteiger partial charge is 0.271 e. The standard InChI is InChI=1S/C14H20BrFN2/c1-9-2-4-10(5-3-9)14(18-17)11-6-12(15)8-13(16)7-11/h6-10,14,18H,2-5,17H2,1H3. The van der Waals surface area contributed by atoms with Crippen molar-refractivity contribution in [1.82, 2.24) is 5.43 Å². The van der Waals surface area contributed by atoms with Gasteiger partial charge in [-0.15, -0.1) is 0 Å². The Morgan fingerprint density at radius 1 is 1.28 bits per heavy atom. The SMILES string of the molecule is CC1CCC(C(NN)c2cc(F)cc(Br)c2)CC1. The van der Waals surface area contributed by atoms with Gasteiger partial charge in [0.15, 0.2) is 0 Å². The van der Waals surface area contributed by atoms with E-state index in [0.717, 1.165) is 28.8 Å². The van der Waals surface area contributed by atoms with Gasteiger partial charge in [-0.2, -0.15) is 0 Å². The topological polar surface area (TPSA) is 38.0 Å². The van der Waals surface area contributed by atoms with Crippen LogP contribution in [0.4, 0.5) is 4.39 Å². The van der Waals surface area contributed by atoms with Crippen LogP contribution in [-0.2, 0) is 0 Å². The molecule has 2 nitrogen and oxygen atoms in total. The molecule has 18 heavy (non-hydrogen) atoms. The van der Waals surface area contributed by atoms with Gasteiger partial charge in [0.25, 0.3) is 0 Å². The third-order valence-corrected chi connectivity index (χ3v) is 4.41. The highest BCUT2D eigenvalue weighted by Gasteiger charge is 2.26. The molecule has 1 fully saturated rings. The number of nitrogens with two attached hydrogens (primary N) is 1. The highest BCUT2D eigenvalue weighted by atomic mass is 79.9. The maximum Gasteiger partial charge on any atom is 0.124 e. The zero-order chi connectivity index (χ0) is 13.1. The van der Waals surface area contributed by atoms with Crippen molar-refractivity contribution in [1.29, 1.82) is 0 Å². The average Bonchev–Trinajstić information content (AvgIpc) is 2.31. The van der Waals surface area contributed by atoms with Crippen molar-refractivity contribution in [2.75, 3.05) is 0 Å². The Morgan fingerprint density at radius 2 is 1.94 bits per heavy atom. The molecule has 0 bridgehead atoms. The Bertz CT molecular complexity index is 383. The first kappa shape index (κ1) is 14.0. The quantitative estimate of drug-likeness (QED) is 0.655. The summed E-state index contributed by atoms with van der Waals surface area (Å²) in [5, 5.41) is 0. The fraction of sp³-hybridized carbons (Fsp3) is 0.571. The van der Waals surface area contributed by atoms with Gasteiger partial charge in [-0.05, 0) is 48.4 Å². The van der Waals surface area contributed by atoms with Crippen molar-refractivity contribution in [3.63, 3.8) is 0 Å². The van der Waals surface area contributed by atoms with Crippen LogP contribution in [0.25, 0.3) is 0 Å². The van der Waals surface area contributed by atoms with E-state index in [9.17, 15) is 4.39 Å². The Kier molecular flexibility index (Phi) is 4.76. The fourth-order valence-electron chi connectivity index (χ4n) is 2.88. The average molecular weight is 315 g/mol. The predicted molar refractivity (Wildman–Crippen MR) is 75.3 cm³/mol. The number of hydrogen-bond acceptors (Lipinski definition) is 2. The molecule has 0 saturated heterocycles. The number of hydrogen-bond donors (Lipinski definition) is 2. The lowest BCUT2D eigenvalue weighted by atomic mass is 9.77. The summed E-state index contributed by atoms with van der Waals surface area (Å²) in [7, 11) is 0. The van der Waals surface area contributed by atoms with Gasteiger partial charge in [0.05, 0.1) is 0 Å². The summed E-state index contributed by atoms with van der Waals surface area (Å²) in [5.41, 5.74) is 3.80. The van der Waals surface area contributed by atoms with Crippen LogP contribution in [-0.4, -0.2) is 0 Å². The molecule has 0 heterocycles. The van der Waals surface area contributed by atoms with E-state index >= 15 is 0 Å². The molecule has 4 heteroatoms. The van der Waals surface area contributed by atoms with Crippen molar-refractivity contribution >= 4 is 15.9 Å². The number of benzene rings is 1. The van der Waals surface area contributed by atoms with Gasteiger partial charge in [-0.1, -0.05) is 35.7 Å². The van der Waals surface area contributed by atoms with Gasteiger partial charge in [0.2, 0.25) is 0 Å². The van der Waals surface area contributed by atoms with Crippen LogP contribution in [0.5, 0.6) is 0 Å². The molecule has 0 aromatic heterocycles. The van der Waals surface area contributed by atoms with Crippen LogP contribution in [0.2, 0.25) is 0 Å². The second-order valence-corrected chi connectivity index (χ2v) is 6.28. The molecule has 0 spiro atoms. The van der Waals surface area contributed by atoms with Crippen molar-refractivity contribution in [2.24, 2.45) is 17.7 Å².